The maximum absolute atomic E-state index is 11.8. The number of pyridine rings is 1. The normalized spacial score (nSPS) is 17.9. The van der Waals surface area contributed by atoms with E-state index in [0.29, 0.717) is 19.4 Å². The number of carboxylic acid groups (broad SMARTS) is 1. The highest BCUT2D eigenvalue weighted by Gasteiger charge is 2.21. The van der Waals surface area contributed by atoms with Gasteiger partial charge in [-0.1, -0.05) is 0 Å². The van der Waals surface area contributed by atoms with Crippen molar-refractivity contribution < 1.29 is 19.5 Å². The van der Waals surface area contributed by atoms with Crippen LogP contribution in [0.15, 0.2) is 18.3 Å². The molecule has 3 N–H and O–H groups in total. The first kappa shape index (κ1) is 13.0. The molecule has 0 radical (unpaired) electrons. The fraction of sp³-hybridized carbons (Fsp3) is 0.333. The summed E-state index contributed by atoms with van der Waals surface area (Å²) in [6.45, 7) is 0.329. The van der Waals surface area contributed by atoms with E-state index in [1.807, 2.05) is 0 Å². The van der Waals surface area contributed by atoms with Gasteiger partial charge in [0.25, 0.3) is 5.91 Å². The van der Waals surface area contributed by atoms with Crippen molar-refractivity contribution in [3.05, 3.63) is 29.6 Å². The third-order valence-electron chi connectivity index (χ3n) is 2.84. The van der Waals surface area contributed by atoms with Gasteiger partial charge in [0, 0.05) is 30.8 Å². The molecule has 0 bridgehead atoms. The van der Waals surface area contributed by atoms with Crippen molar-refractivity contribution in [2.24, 2.45) is 0 Å². The number of hydrogen-bond acceptors (Lipinski definition) is 4. The van der Waals surface area contributed by atoms with E-state index in [1.54, 1.807) is 0 Å². The molecule has 2 rings (SSSR count). The van der Waals surface area contributed by atoms with Gasteiger partial charge in [-0.25, -0.2) is 9.78 Å². The minimum absolute atomic E-state index is 0.0173. The summed E-state index contributed by atoms with van der Waals surface area (Å²) in [5.41, 5.74) is 0.0542. The molecule has 1 aliphatic heterocycles. The Bertz CT molecular complexity index is 529. The lowest BCUT2D eigenvalue weighted by Gasteiger charge is -2.11. The van der Waals surface area contributed by atoms with E-state index in [9.17, 15) is 14.4 Å². The molecule has 1 atom stereocenters. The number of hydrogen-bond donors (Lipinski definition) is 3. The molecule has 7 nitrogen and oxygen atoms in total. The van der Waals surface area contributed by atoms with E-state index < -0.39 is 5.97 Å². The summed E-state index contributed by atoms with van der Waals surface area (Å²) >= 11 is 0. The summed E-state index contributed by atoms with van der Waals surface area (Å²) in [5, 5.41) is 14.2. The van der Waals surface area contributed by atoms with Crippen LogP contribution in [-0.4, -0.2) is 40.5 Å². The highest BCUT2D eigenvalue weighted by molar-refractivity contribution is 5.96. The Morgan fingerprint density at radius 3 is 2.95 bits per heavy atom. The third-order valence-corrected chi connectivity index (χ3v) is 2.84. The standard InChI is InChI=1S/C12H13N3O4/c16-10-2-1-8(15-10)6-14-11(17)7-3-4-13-9(5-7)12(18)19/h3-5,8H,1-2,6H2,(H,14,17)(H,15,16)(H,18,19). The number of nitrogens with one attached hydrogen (secondary N) is 2. The van der Waals surface area contributed by atoms with Crippen LogP contribution in [0.4, 0.5) is 0 Å². The molecule has 19 heavy (non-hydrogen) atoms. The van der Waals surface area contributed by atoms with E-state index in [2.05, 4.69) is 15.6 Å². The number of amides is 2. The second-order valence-corrected chi connectivity index (χ2v) is 4.25. The first-order valence-corrected chi connectivity index (χ1v) is 5.83. The van der Waals surface area contributed by atoms with Crippen molar-refractivity contribution in [3.8, 4) is 0 Å². The lowest BCUT2D eigenvalue weighted by Crippen LogP contribution is -2.38. The first-order chi connectivity index (χ1) is 9.06. The Hall–Kier alpha value is -2.44. The summed E-state index contributed by atoms with van der Waals surface area (Å²) in [6, 6.07) is 2.59. The van der Waals surface area contributed by atoms with Crippen molar-refractivity contribution in [1.82, 2.24) is 15.6 Å². The van der Waals surface area contributed by atoms with Crippen LogP contribution >= 0.6 is 0 Å². The zero-order valence-corrected chi connectivity index (χ0v) is 10.0. The number of carbonyl (C=O) groups is 3. The van der Waals surface area contributed by atoms with Crippen molar-refractivity contribution in [2.45, 2.75) is 18.9 Å². The van der Waals surface area contributed by atoms with Gasteiger partial charge < -0.3 is 15.7 Å². The Balaban J connectivity index is 1.94. The summed E-state index contributed by atoms with van der Waals surface area (Å²) < 4.78 is 0. The van der Waals surface area contributed by atoms with Gasteiger partial charge >= 0.3 is 5.97 Å². The Labute approximate surface area is 109 Å². The maximum Gasteiger partial charge on any atom is 0.354 e. The molecule has 1 aromatic rings. The van der Waals surface area contributed by atoms with Crippen LogP contribution in [0.2, 0.25) is 0 Å². The number of aromatic nitrogens is 1. The molecular formula is C12H13N3O4. The average molecular weight is 263 g/mol. The molecular weight excluding hydrogens is 250 g/mol. The SMILES string of the molecule is O=C1CCC(CNC(=O)c2ccnc(C(=O)O)c2)N1. The number of carbonyl (C=O) groups excluding carboxylic acids is 2. The topological polar surface area (TPSA) is 108 Å². The second kappa shape index (κ2) is 5.47. The fourth-order valence-electron chi connectivity index (χ4n) is 1.84. The summed E-state index contributed by atoms with van der Waals surface area (Å²) in [6.07, 6.45) is 2.44. The molecule has 0 spiro atoms. The number of rotatable bonds is 4. The van der Waals surface area contributed by atoms with E-state index in [1.165, 1.54) is 18.3 Å². The average Bonchev–Trinajstić information content (AvgIpc) is 2.82. The van der Waals surface area contributed by atoms with Gasteiger partial charge in [0.1, 0.15) is 5.69 Å². The monoisotopic (exact) mass is 263 g/mol. The molecule has 1 aromatic heterocycles. The fourth-order valence-corrected chi connectivity index (χ4v) is 1.84. The predicted octanol–water partition coefficient (Wildman–Crippen LogP) is -0.212. The van der Waals surface area contributed by atoms with Gasteiger partial charge in [-0.3, -0.25) is 9.59 Å². The van der Waals surface area contributed by atoms with E-state index >= 15 is 0 Å². The molecule has 100 valence electrons. The summed E-state index contributed by atoms with van der Waals surface area (Å²) in [4.78, 5) is 37.2. The molecule has 0 aromatic carbocycles. The van der Waals surface area contributed by atoms with Crippen LogP contribution in [-0.2, 0) is 4.79 Å². The van der Waals surface area contributed by atoms with Crippen LogP contribution in [0.5, 0.6) is 0 Å². The van der Waals surface area contributed by atoms with Crippen molar-refractivity contribution in [1.29, 1.82) is 0 Å². The lowest BCUT2D eigenvalue weighted by atomic mass is 10.2. The minimum atomic E-state index is -1.18. The zero-order chi connectivity index (χ0) is 13.8. The number of aromatic carboxylic acids is 1. The van der Waals surface area contributed by atoms with E-state index in [0.717, 1.165) is 0 Å². The molecule has 0 aliphatic carbocycles. The first-order valence-electron chi connectivity index (χ1n) is 5.83. The maximum atomic E-state index is 11.8. The van der Waals surface area contributed by atoms with Crippen molar-refractivity contribution in [3.63, 3.8) is 0 Å². The van der Waals surface area contributed by atoms with Gasteiger partial charge in [-0.2, -0.15) is 0 Å². The van der Waals surface area contributed by atoms with Crippen LogP contribution in [0.1, 0.15) is 33.7 Å². The molecule has 1 saturated heterocycles. The molecule has 0 saturated carbocycles. The van der Waals surface area contributed by atoms with Gasteiger partial charge in [0.2, 0.25) is 5.91 Å². The number of carboxylic acids is 1. The molecule has 2 amide bonds. The second-order valence-electron chi connectivity index (χ2n) is 4.25. The van der Waals surface area contributed by atoms with Crippen LogP contribution in [0, 0.1) is 0 Å². The summed E-state index contributed by atoms with van der Waals surface area (Å²) in [7, 11) is 0. The smallest absolute Gasteiger partial charge is 0.354 e. The van der Waals surface area contributed by atoms with Crippen LogP contribution < -0.4 is 10.6 Å². The minimum Gasteiger partial charge on any atom is -0.477 e. The van der Waals surface area contributed by atoms with E-state index in [4.69, 9.17) is 5.11 Å². The molecule has 2 heterocycles. The van der Waals surface area contributed by atoms with Crippen molar-refractivity contribution in [2.75, 3.05) is 6.54 Å². The quantitative estimate of drug-likeness (QED) is 0.696. The van der Waals surface area contributed by atoms with Crippen molar-refractivity contribution >= 4 is 17.8 Å². The molecule has 7 heteroatoms. The Kier molecular flexibility index (Phi) is 3.74. The highest BCUT2D eigenvalue weighted by atomic mass is 16.4. The molecule has 1 unspecified atom stereocenters. The lowest BCUT2D eigenvalue weighted by molar-refractivity contribution is -0.119. The van der Waals surface area contributed by atoms with Gasteiger partial charge in [0.05, 0.1) is 0 Å². The zero-order valence-electron chi connectivity index (χ0n) is 10.0. The van der Waals surface area contributed by atoms with Crippen LogP contribution in [0.3, 0.4) is 0 Å². The van der Waals surface area contributed by atoms with Gasteiger partial charge in [-0.15, -0.1) is 0 Å². The van der Waals surface area contributed by atoms with Gasteiger partial charge in [-0.05, 0) is 18.6 Å². The highest BCUT2D eigenvalue weighted by Crippen LogP contribution is 2.06. The summed E-state index contributed by atoms with van der Waals surface area (Å²) in [5.74, 6) is -1.58. The van der Waals surface area contributed by atoms with E-state index in [-0.39, 0.29) is 29.1 Å². The van der Waals surface area contributed by atoms with Gasteiger partial charge in [0.15, 0.2) is 0 Å². The van der Waals surface area contributed by atoms with Crippen LogP contribution in [0.25, 0.3) is 0 Å². The Morgan fingerprint density at radius 2 is 2.32 bits per heavy atom. The number of nitrogens with zero attached hydrogens (tertiary/aromatic N) is 1. The predicted molar refractivity (Wildman–Crippen MR) is 64.7 cm³/mol. The Morgan fingerprint density at radius 1 is 1.53 bits per heavy atom. The third kappa shape index (κ3) is 3.27. The largest absolute Gasteiger partial charge is 0.477 e. The molecule has 1 fully saturated rings. The molecule has 1 aliphatic rings.